The van der Waals surface area contributed by atoms with Crippen LogP contribution in [0.25, 0.3) is 21.8 Å². The van der Waals surface area contributed by atoms with Crippen molar-refractivity contribution < 1.29 is 50.1 Å². The highest BCUT2D eigenvalue weighted by Crippen LogP contribution is 2.36. The van der Waals surface area contributed by atoms with Gasteiger partial charge in [0.25, 0.3) is 0 Å². The number of carbonyl (C=O) groups is 2. The van der Waals surface area contributed by atoms with E-state index in [0.717, 1.165) is 0 Å². The van der Waals surface area contributed by atoms with Crippen molar-refractivity contribution in [1.29, 1.82) is 5.26 Å². The number of alkyl halides is 3. The zero-order valence-corrected chi connectivity index (χ0v) is 23.1. The molecule has 202 valence electrons. The van der Waals surface area contributed by atoms with Gasteiger partial charge in [-0.05, 0) is 56.1 Å². The van der Waals surface area contributed by atoms with Gasteiger partial charge >= 0.3 is 17.4 Å². The number of aliphatic carboxylic acids is 1. The van der Waals surface area contributed by atoms with E-state index in [1.165, 1.54) is 0 Å². The minimum absolute atomic E-state index is 0.247. The summed E-state index contributed by atoms with van der Waals surface area (Å²) in [7, 11) is -6.09. The first kappa shape index (κ1) is 30.0. The average Bonchev–Trinajstić information content (AvgIpc) is 2.85. The first-order chi connectivity index (χ1) is 18.2. The van der Waals surface area contributed by atoms with Gasteiger partial charge in [-0.1, -0.05) is 24.3 Å². The van der Waals surface area contributed by atoms with Gasteiger partial charge in [-0.25, -0.2) is 18.0 Å². The van der Waals surface area contributed by atoms with Crippen LogP contribution in [0.15, 0.2) is 69.6 Å². The molecule has 0 spiro atoms. The number of carboxylic acids is 1. The molecule has 0 bridgehead atoms. The molecule has 0 aliphatic heterocycles. The number of aromatic nitrogens is 1. The Hall–Kier alpha value is -3.58. The third-order valence-corrected chi connectivity index (χ3v) is 6.78. The molecule has 0 amide bonds. The second-order valence-corrected chi connectivity index (χ2v) is 10.6. The fourth-order valence-corrected chi connectivity index (χ4v) is 4.86. The lowest BCUT2D eigenvalue weighted by Crippen LogP contribution is -2.40. The third kappa shape index (κ3) is 6.71. The molecule has 9 nitrogen and oxygen atoms in total. The Balaban J connectivity index is 0.000000459. The number of nitrogens with zero attached hydrogens (tertiary/aromatic N) is 2. The van der Waals surface area contributed by atoms with Crippen molar-refractivity contribution in [3.8, 4) is 11.8 Å². The Morgan fingerprint density at radius 2 is 1.44 bits per heavy atom. The maximum atomic E-state index is 13.4. The molecule has 0 fully saturated rings. The number of pyridine rings is 1. The first-order valence-electron chi connectivity index (χ1n) is 10.3. The van der Waals surface area contributed by atoms with Gasteiger partial charge in [0, 0.05) is 12.1 Å². The normalized spacial score (nSPS) is 11.4. The van der Waals surface area contributed by atoms with Crippen LogP contribution in [-0.2, 0) is 21.5 Å². The number of carboxylic acid groups (broad SMARTS) is 1. The largest absolute Gasteiger partial charge is 0.741 e. The quantitative estimate of drug-likeness (QED) is 0.0783. The van der Waals surface area contributed by atoms with Crippen molar-refractivity contribution in [3.63, 3.8) is 0 Å². The van der Waals surface area contributed by atoms with Crippen molar-refractivity contribution in [1.82, 2.24) is 0 Å². The fourth-order valence-electron chi connectivity index (χ4n) is 3.51. The molecule has 0 atom stereocenters. The van der Waals surface area contributed by atoms with Gasteiger partial charge in [0.2, 0.25) is 17.6 Å². The van der Waals surface area contributed by atoms with Crippen LogP contribution in [0.5, 0.6) is 5.75 Å². The Bertz CT molecular complexity index is 1690. The van der Waals surface area contributed by atoms with Crippen molar-refractivity contribution >= 4 is 75.7 Å². The van der Waals surface area contributed by atoms with Crippen molar-refractivity contribution in [2.75, 3.05) is 0 Å². The maximum absolute atomic E-state index is 13.4. The Morgan fingerprint density at radius 3 is 1.82 bits per heavy atom. The standard InChI is InChI=1S/C23H12Br2N2O4.CHF3O3S/c24-16-9-13(11-26)10-17(25)22(16)31-23(30)21-14-5-1-3-7-18(14)27(12-20(28)29)19-8-4-2-6-15(19)21;2-1(3,4)8(5,6)7/h1-10H,12H2;(H,5,6,7). The number of rotatable bonds is 4. The molecule has 1 aromatic heterocycles. The molecular formula is C24H13Br2F3N2O7S. The fraction of sp³-hybridized carbons (Fsp3) is 0.0833. The summed E-state index contributed by atoms with van der Waals surface area (Å²) in [6.07, 6.45) is 0. The van der Waals surface area contributed by atoms with Crippen LogP contribution in [0.3, 0.4) is 0 Å². The van der Waals surface area contributed by atoms with E-state index in [1.807, 2.05) is 6.07 Å². The van der Waals surface area contributed by atoms with E-state index in [1.54, 1.807) is 65.2 Å². The van der Waals surface area contributed by atoms with Crippen LogP contribution in [0.2, 0.25) is 0 Å². The maximum Gasteiger partial charge on any atom is 0.485 e. The summed E-state index contributed by atoms with van der Waals surface area (Å²) in [5.41, 5.74) is -3.70. The zero-order valence-electron chi connectivity index (χ0n) is 19.1. The SMILES string of the molecule is N#Cc1cc(Br)c(OC(=O)c2c3ccccc3[n+](CC(=O)O)c3ccccc23)c(Br)c1.O=S(=O)([O-])C(F)(F)F. The number of benzene rings is 3. The van der Waals surface area contributed by atoms with Crippen LogP contribution in [0.1, 0.15) is 15.9 Å². The van der Waals surface area contributed by atoms with Gasteiger partial charge < -0.3 is 14.4 Å². The molecule has 15 heteroatoms. The predicted molar refractivity (Wildman–Crippen MR) is 137 cm³/mol. The Labute approximate surface area is 235 Å². The number of para-hydroxylation sites is 2. The lowest BCUT2D eigenvalue weighted by molar-refractivity contribution is -0.633. The zero-order chi connectivity index (χ0) is 29.1. The number of nitriles is 1. The van der Waals surface area contributed by atoms with Crippen molar-refractivity contribution in [2.45, 2.75) is 12.1 Å². The highest BCUT2D eigenvalue weighted by atomic mass is 79.9. The smallest absolute Gasteiger partial charge is 0.485 e. The molecule has 1 N–H and O–H groups in total. The van der Waals surface area contributed by atoms with E-state index >= 15 is 0 Å². The van der Waals surface area contributed by atoms with Crippen molar-refractivity contribution in [3.05, 3.63) is 80.7 Å². The van der Waals surface area contributed by atoms with E-state index < -0.39 is 27.6 Å². The van der Waals surface area contributed by atoms with Gasteiger partial charge in [-0.15, -0.1) is 0 Å². The summed E-state index contributed by atoms with van der Waals surface area (Å²) in [6, 6.07) is 19.4. The van der Waals surface area contributed by atoms with Gasteiger partial charge in [0.05, 0.1) is 36.9 Å². The number of ether oxygens (including phenoxy) is 1. The summed E-state index contributed by atoms with van der Waals surface area (Å²) < 4.78 is 67.2. The topological polar surface area (TPSA) is 148 Å². The van der Waals surface area contributed by atoms with E-state index in [-0.39, 0.29) is 12.3 Å². The van der Waals surface area contributed by atoms with Gasteiger partial charge in [-0.3, -0.25) is 0 Å². The lowest BCUT2D eigenvalue weighted by Gasteiger charge is -2.13. The van der Waals surface area contributed by atoms with E-state index in [4.69, 9.17) is 23.0 Å². The molecule has 0 unspecified atom stereocenters. The molecule has 0 saturated carbocycles. The summed E-state index contributed by atoms with van der Waals surface area (Å²) in [6.45, 7) is -0.247. The van der Waals surface area contributed by atoms with Crippen LogP contribution in [0.4, 0.5) is 13.2 Å². The second-order valence-electron chi connectivity index (χ2n) is 7.56. The summed E-state index contributed by atoms with van der Waals surface area (Å²) in [5, 5.41) is 19.7. The Morgan fingerprint density at radius 1 is 1.00 bits per heavy atom. The molecule has 1 heterocycles. The third-order valence-electron chi connectivity index (χ3n) is 5.03. The molecule has 0 aliphatic rings. The van der Waals surface area contributed by atoms with E-state index in [2.05, 4.69) is 31.9 Å². The van der Waals surface area contributed by atoms with Crippen LogP contribution >= 0.6 is 31.9 Å². The lowest BCUT2D eigenvalue weighted by atomic mass is 10.0. The van der Waals surface area contributed by atoms with Gasteiger partial charge in [0.1, 0.15) is 0 Å². The Kier molecular flexibility index (Phi) is 8.96. The first-order valence-corrected chi connectivity index (χ1v) is 13.3. The predicted octanol–water partition coefficient (Wildman–Crippen LogP) is 5.03. The van der Waals surface area contributed by atoms with E-state index in [0.29, 0.717) is 41.9 Å². The number of hydrogen-bond donors (Lipinski definition) is 1. The highest BCUT2D eigenvalue weighted by Gasteiger charge is 2.37. The number of esters is 1. The summed E-state index contributed by atoms with van der Waals surface area (Å²) in [5.74, 6) is -1.33. The van der Waals surface area contributed by atoms with Crippen LogP contribution in [-0.4, -0.2) is 35.5 Å². The van der Waals surface area contributed by atoms with Gasteiger partial charge in [0.15, 0.2) is 15.9 Å². The molecule has 0 saturated heterocycles. The second kappa shape index (κ2) is 11.7. The molecule has 3 aromatic carbocycles. The molecule has 0 aliphatic carbocycles. The minimum atomic E-state index is -6.09. The van der Waals surface area contributed by atoms with Gasteiger partial charge in [-0.2, -0.15) is 23.0 Å². The van der Waals surface area contributed by atoms with Crippen LogP contribution < -0.4 is 9.30 Å². The number of hydrogen-bond acceptors (Lipinski definition) is 7. The number of carbonyl (C=O) groups excluding carboxylic acids is 1. The molecule has 0 radical (unpaired) electrons. The molecule has 39 heavy (non-hydrogen) atoms. The minimum Gasteiger partial charge on any atom is -0.741 e. The molecule has 4 rings (SSSR count). The highest BCUT2D eigenvalue weighted by molar-refractivity contribution is 9.11. The molecule has 4 aromatic rings. The summed E-state index contributed by atoms with van der Waals surface area (Å²) in [4.78, 5) is 24.9. The van der Waals surface area contributed by atoms with Crippen LogP contribution in [0, 0.1) is 11.3 Å². The average molecular weight is 690 g/mol. The monoisotopic (exact) mass is 688 g/mol. The van der Waals surface area contributed by atoms with E-state index in [9.17, 15) is 27.9 Å². The number of fused-ring (bicyclic) bond motifs is 2. The summed E-state index contributed by atoms with van der Waals surface area (Å²) >= 11 is 6.70. The number of halogens is 5. The molecular weight excluding hydrogens is 677 g/mol. The van der Waals surface area contributed by atoms with Crippen molar-refractivity contribution in [2.24, 2.45) is 0 Å².